The first kappa shape index (κ1) is 19.9. The number of carbonyl (C=O) groups excluding carboxylic acids is 1. The van der Waals surface area contributed by atoms with E-state index in [1.165, 1.54) is 28.7 Å². The van der Waals surface area contributed by atoms with Crippen LogP contribution in [0.5, 0.6) is 0 Å². The van der Waals surface area contributed by atoms with E-state index in [9.17, 15) is 9.59 Å². The van der Waals surface area contributed by atoms with Crippen molar-refractivity contribution < 1.29 is 4.79 Å². The third-order valence-electron chi connectivity index (χ3n) is 5.35. The normalized spacial score (nSPS) is 14.2. The summed E-state index contributed by atoms with van der Waals surface area (Å²) >= 11 is 2.87. The van der Waals surface area contributed by atoms with Crippen LogP contribution in [0, 0.1) is 13.8 Å². The van der Waals surface area contributed by atoms with Crippen molar-refractivity contribution in [2.45, 2.75) is 44.1 Å². The molecule has 1 unspecified atom stereocenters. The molecule has 0 bridgehead atoms. The van der Waals surface area contributed by atoms with Crippen LogP contribution in [0.1, 0.15) is 22.9 Å². The van der Waals surface area contributed by atoms with Crippen LogP contribution in [-0.2, 0) is 17.8 Å². The number of thioether (sulfide) groups is 1. The largest absolute Gasteiger partial charge is 0.311 e. The van der Waals surface area contributed by atoms with Crippen LogP contribution >= 0.6 is 23.1 Å². The lowest BCUT2D eigenvalue weighted by Gasteiger charge is -2.22. The van der Waals surface area contributed by atoms with Gasteiger partial charge in [-0.1, -0.05) is 36.0 Å². The molecule has 0 radical (unpaired) electrons. The van der Waals surface area contributed by atoms with Gasteiger partial charge in [0.15, 0.2) is 5.16 Å². The monoisotopic (exact) mass is 425 g/mol. The highest BCUT2D eigenvalue weighted by molar-refractivity contribution is 8.00. The van der Waals surface area contributed by atoms with Crippen LogP contribution in [0.15, 0.2) is 46.9 Å². The Hall–Kier alpha value is -2.38. The SMILES string of the molecule is C=CCn1c(SC(C)C(=O)N2CCc3ccccc32)nc2sc(C)c(C)c2c1=O. The van der Waals surface area contributed by atoms with Gasteiger partial charge < -0.3 is 4.90 Å². The fourth-order valence-electron chi connectivity index (χ4n) is 3.68. The summed E-state index contributed by atoms with van der Waals surface area (Å²) in [5.74, 6) is 0.0398. The van der Waals surface area contributed by atoms with E-state index in [4.69, 9.17) is 4.98 Å². The topological polar surface area (TPSA) is 55.2 Å². The number of fused-ring (bicyclic) bond motifs is 2. The van der Waals surface area contributed by atoms with Crippen molar-refractivity contribution >= 4 is 44.9 Å². The molecule has 2 aromatic heterocycles. The number of aromatic nitrogens is 2. The Morgan fingerprint density at radius 3 is 2.90 bits per heavy atom. The first-order valence-electron chi connectivity index (χ1n) is 9.59. The average Bonchev–Trinajstić information content (AvgIpc) is 3.25. The standard InChI is InChI=1S/C22H23N3O2S2/c1-5-11-25-21(27)18-13(2)14(3)28-19(18)23-22(25)29-15(4)20(26)24-12-10-16-8-6-7-9-17(16)24/h5-9,15H,1,10-12H2,2-4H3. The van der Waals surface area contributed by atoms with E-state index in [2.05, 4.69) is 12.6 Å². The molecule has 0 N–H and O–H groups in total. The molecule has 3 heterocycles. The van der Waals surface area contributed by atoms with Crippen molar-refractivity contribution in [1.29, 1.82) is 0 Å². The first-order valence-corrected chi connectivity index (χ1v) is 11.3. The van der Waals surface area contributed by atoms with Crippen LogP contribution in [0.4, 0.5) is 5.69 Å². The number of rotatable bonds is 5. The molecule has 1 aromatic carbocycles. The van der Waals surface area contributed by atoms with E-state index in [1.807, 2.05) is 43.9 Å². The van der Waals surface area contributed by atoms with Gasteiger partial charge in [0.05, 0.1) is 10.6 Å². The van der Waals surface area contributed by atoms with Gasteiger partial charge in [0.25, 0.3) is 5.56 Å². The Kier molecular flexibility index (Phi) is 5.36. The molecule has 1 atom stereocenters. The van der Waals surface area contributed by atoms with Gasteiger partial charge in [0.1, 0.15) is 4.83 Å². The van der Waals surface area contributed by atoms with Crippen LogP contribution in [0.3, 0.4) is 0 Å². The van der Waals surface area contributed by atoms with Crippen molar-refractivity contribution in [3.05, 3.63) is 63.3 Å². The van der Waals surface area contributed by atoms with Gasteiger partial charge in [-0.25, -0.2) is 4.98 Å². The predicted octanol–water partition coefficient (Wildman–Crippen LogP) is 4.33. The smallest absolute Gasteiger partial charge is 0.263 e. The summed E-state index contributed by atoms with van der Waals surface area (Å²) in [5.41, 5.74) is 3.10. The zero-order valence-corrected chi connectivity index (χ0v) is 18.4. The zero-order valence-electron chi connectivity index (χ0n) is 16.8. The van der Waals surface area contributed by atoms with E-state index < -0.39 is 0 Å². The molecule has 0 aliphatic carbocycles. The molecule has 7 heteroatoms. The van der Waals surface area contributed by atoms with Gasteiger partial charge >= 0.3 is 0 Å². The Labute approximate surface area is 178 Å². The lowest BCUT2D eigenvalue weighted by Crippen LogP contribution is -2.35. The van der Waals surface area contributed by atoms with Gasteiger partial charge in [0.2, 0.25) is 5.91 Å². The minimum absolute atomic E-state index is 0.0398. The molecule has 0 fully saturated rings. The molecule has 5 nitrogen and oxygen atoms in total. The quantitative estimate of drug-likeness (QED) is 0.347. The summed E-state index contributed by atoms with van der Waals surface area (Å²) in [6.07, 6.45) is 2.56. The van der Waals surface area contributed by atoms with Crippen molar-refractivity contribution in [2.75, 3.05) is 11.4 Å². The molecule has 150 valence electrons. The molecule has 1 aliphatic heterocycles. The number of aryl methyl sites for hydroxylation is 2. The fraction of sp³-hybridized carbons (Fsp3) is 0.318. The molecule has 1 amide bonds. The molecule has 1 aliphatic rings. The molecule has 29 heavy (non-hydrogen) atoms. The number of nitrogens with zero attached hydrogens (tertiary/aromatic N) is 3. The lowest BCUT2D eigenvalue weighted by atomic mass is 10.2. The van der Waals surface area contributed by atoms with Crippen LogP contribution in [-0.4, -0.2) is 27.3 Å². The Balaban J connectivity index is 1.68. The maximum Gasteiger partial charge on any atom is 0.263 e. The molecule has 3 aromatic rings. The van der Waals surface area contributed by atoms with E-state index in [1.54, 1.807) is 10.6 Å². The number of para-hydroxylation sites is 1. The number of anilines is 1. The van der Waals surface area contributed by atoms with E-state index in [0.717, 1.165) is 27.4 Å². The van der Waals surface area contributed by atoms with Crippen molar-refractivity contribution in [3.63, 3.8) is 0 Å². The minimum Gasteiger partial charge on any atom is -0.311 e. The van der Waals surface area contributed by atoms with E-state index in [0.29, 0.717) is 23.6 Å². The van der Waals surface area contributed by atoms with Crippen molar-refractivity contribution in [3.8, 4) is 0 Å². The molecule has 0 spiro atoms. The number of amides is 1. The molecular weight excluding hydrogens is 402 g/mol. The summed E-state index contributed by atoms with van der Waals surface area (Å²) in [5, 5.41) is 0.881. The van der Waals surface area contributed by atoms with Crippen molar-refractivity contribution in [1.82, 2.24) is 9.55 Å². The third-order valence-corrected chi connectivity index (χ3v) is 7.53. The third kappa shape index (κ3) is 3.42. The molecular formula is C22H23N3O2S2. The highest BCUT2D eigenvalue weighted by atomic mass is 32.2. The highest BCUT2D eigenvalue weighted by Crippen LogP contribution is 2.33. The van der Waals surface area contributed by atoms with Gasteiger partial charge in [-0.2, -0.15) is 0 Å². The molecule has 0 saturated carbocycles. The van der Waals surface area contributed by atoms with Crippen LogP contribution in [0.25, 0.3) is 10.2 Å². The maximum absolute atomic E-state index is 13.2. The second-order valence-electron chi connectivity index (χ2n) is 7.19. The Morgan fingerprint density at radius 1 is 1.38 bits per heavy atom. The first-order chi connectivity index (χ1) is 13.9. The van der Waals surface area contributed by atoms with Gasteiger partial charge in [-0.05, 0) is 44.4 Å². The minimum atomic E-state index is -0.358. The number of hydrogen-bond acceptors (Lipinski definition) is 5. The molecule has 0 saturated heterocycles. The van der Waals surface area contributed by atoms with Gasteiger partial charge in [0, 0.05) is 23.7 Å². The van der Waals surface area contributed by atoms with E-state index in [-0.39, 0.29) is 16.7 Å². The fourth-order valence-corrected chi connectivity index (χ4v) is 5.73. The van der Waals surface area contributed by atoms with Crippen LogP contribution < -0.4 is 10.5 Å². The van der Waals surface area contributed by atoms with Crippen LogP contribution in [0.2, 0.25) is 0 Å². The number of hydrogen-bond donors (Lipinski definition) is 0. The van der Waals surface area contributed by atoms with Gasteiger partial charge in [-0.3, -0.25) is 14.2 Å². The van der Waals surface area contributed by atoms with E-state index >= 15 is 0 Å². The molecule has 4 rings (SSSR count). The summed E-state index contributed by atoms with van der Waals surface area (Å²) in [6, 6.07) is 8.02. The van der Waals surface area contributed by atoms with Gasteiger partial charge in [-0.15, -0.1) is 17.9 Å². The Bertz CT molecular complexity index is 1180. The Morgan fingerprint density at radius 2 is 2.14 bits per heavy atom. The number of thiophene rings is 1. The second-order valence-corrected chi connectivity index (χ2v) is 9.70. The number of carbonyl (C=O) groups is 1. The highest BCUT2D eigenvalue weighted by Gasteiger charge is 2.29. The zero-order chi connectivity index (χ0) is 20.7. The summed E-state index contributed by atoms with van der Waals surface area (Å²) in [4.78, 5) is 34.7. The predicted molar refractivity (Wildman–Crippen MR) is 121 cm³/mol. The summed E-state index contributed by atoms with van der Waals surface area (Å²) in [7, 11) is 0. The summed E-state index contributed by atoms with van der Waals surface area (Å²) in [6.45, 7) is 10.7. The lowest BCUT2D eigenvalue weighted by molar-refractivity contribution is -0.117. The van der Waals surface area contributed by atoms with Crippen molar-refractivity contribution in [2.24, 2.45) is 0 Å². The maximum atomic E-state index is 13.2. The summed E-state index contributed by atoms with van der Waals surface area (Å²) < 4.78 is 1.63. The number of allylic oxidation sites excluding steroid dienone is 1. The second kappa shape index (κ2) is 7.80. The number of benzene rings is 1. The average molecular weight is 426 g/mol.